The van der Waals surface area contributed by atoms with Crippen LogP contribution in [0.25, 0.3) is 0 Å². The molecule has 0 aromatic heterocycles. The number of hydrogen-bond donors (Lipinski definition) is 2. The van der Waals surface area contributed by atoms with Crippen LogP contribution in [0.4, 0.5) is 5.69 Å². The summed E-state index contributed by atoms with van der Waals surface area (Å²) in [6.45, 7) is 2.18. The molecule has 4 nitrogen and oxygen atoms in total. The summed E-state index contributed by atoms with van der Waals surface area (Å²) in [6, 6.07) is 4.71. The van der Waals surface area contributed by atoms with Gasteiger partial charge in [0.15, 0.2) is 0 Å². The molecule has 102 valence electrons. The van der Waals surface area contributed by atoms with Crippen LogP contribution in [0.2, 0.25) is 5.02 Å². The highest BCUT2D eigenvalue weighted by Crippen LogP contribution is 2.22. The number of nitrogens with one attached hydrogen (secondary N) is 2. The molecule has 5 heteroatoms. The van der Waals surface area contributed by atoms with Crippen molar-refractivity contribution in [1.29, 1.82) is 0 Å². The molecule has 0 aliphatic heterocycles. The first kappa shape index (κ1) is 13.7. The van der Waals surface area contributed by atoms with Crippen molar-refractivity contribution in [2.24, 2.45) is 5.92 Å². The number of aromatic carboxylic acids is 1. The number of hydrogen-bond acceptors (Lipinski definition) is 4. The molecular formula is C14H16ClN2O2-. The molecule has 1 aromatic carbocycles. The lowest BCUT2D eigenvalue weighted by Gasteiger charge is -2.20. The van der Waals surface area contributed by atoms with Gasteiger partial charge < -0.3 is 20.8 Å². The number of halogens is 1. The summed E-state index contributed by atoms with van der Waals surface area (Å²) in [5, 5.41) is 11.0. The van der Waals surface area contributed by atoms with Gasteiger partial charge in [0.1, 0.15) is 0 Å². The van der Waals surface area contributed by atoms with E-state index in [0.717, 1.165) is 18.5 Å². The molecule has 0 radical (unpaired) electrons. The maximum atomic E-state index is 10.9. The molecule has 0 heterocycles. The summed E-state index contributed by atoms with van der Waals surface area (Å²) in [5.41, 5.74) is 7.85. The first-order valence-electron chi connectivity index (χ1n) is 6.30. The molecular weight excluding hydrogens is 264 g/mol. The average molecular weight is 280 g/mol. The van der Waals surface area contributed by atoms with Gasteiger partial charge in [-0.25, -0.2) is 0 Å². The SMILES string of the molecule is C[C@@H]1C=C(NNc2ccc(Cl)c(C(=O)[O-])c2)CCC1. The van der Waals surface area contributed by atoms with Crippen LogP contribution < -0.4 is 16.0 Å². The molecule has 0 saturated heterocycles. The van der Waals surface area contributed by atoms with Crippen LogP contribution in [0, 0.1) is 5.92 Å². The summed E-state index contributed by atoms with van der Waals surface area (Å²) in [7, 11) is 0. The molecule has 2 rings (SSSR count). The Labute approximate surface area is 117 Å². The number of anilines is 1. The lowest BCUT2D eigenvalue weighted by molar-refractivity contribution is -0.255. The summed E-state index contributed by atoms with van der Waals surface area (Å²) >= 11 is 5.78. The molecule has 0 unspecified atom stereocenters. The van der Waals surface area contributed by atoms with Crippen molar-refractivity contribution in [3.05, 3.63) is 40.6 Å². The van der Waals surface area contributed by atoms with Crippen molar-refractivity contribution in [3.63, 3.8) is 0 Å². The predicted octanol–water partition coefficient (Wildman–Crippen LogP) is 2.32. The van der Waals surface area contributed by atoms with Crippen LogP contribution >= 0.6 is 11.6 Å². The molecule has 1 aliphatic carbocycles. The Bertz CT molecular complexity index is 514. The predicted molar refractivity (Wildman–Crippen MR) is 73.6 cm³/mol. The largest absolute Gasteiger partial charge is 0.545 e. The van der Waals surface area contributed by atoms with Crippen LogP contribution in [0.15, 0.2) is 30.0 Å². The van der Waals surface area contributed by atoms with E-state index < -0.39 is 5.97 Å². The third kappa shape index (κ3) is 3.64. The van der Waals surface area contributed by atoms with Crippen LogP contribution in [0.3, 0.4) is 0 Å². The molecule has 0 fully saturated rings. The second kappa shape index (κ2) is 5.97. The quantitative estimate of drug-likeness (QED) is 0.830. The van der Waals surface area contributed by atoms with Crippen molar-refractivity contribution >= 4 is 23.3 Å². The molecule has 0 bridgehead atoms. The zero-order valence-corrected chi connectivity index (χ0v) is 11.5. The Balaban J connectivity index is 2.04. The first-order valence-corrected chi connectivity index (χ1v) is 6.67. The molecule has 19 heavy (non-hydrogen) atoms. The normalized spacial score (nSPS) is 18.6. The molecule has 1 atom stereocenters. The minimum atomic E-state index is -1.28. The van der Waals surface area contributed by atoms with Gasteiger partial charge in [0.25, 0.3) is 0 Å². The van der Waals surface area contributed by atoms with Crippen molar-refractivity contribution in [3.8, 4) is 0 Å². The van der Waals surface area contributed by atoms with Gasteiger partial charge in [0.2, 0.25) is 0 Å². The standard InChI is InChI=1S/C14H17ClN2O2/c1-9-3-2-4-10(7-9)16-17-11-5-6-13(15)12(8-11)14(18)19/h5-9,16-17H,2-4H2,1H3,(H,18,19)/p-1/t9-/m0/s1. The Hall–Kier alpha value is -1.68. The maximum Gasteiger partial charge on any atom is 0.0731 e. The van der Waals surface area contributed by atoms with E-state index in [-0.39, 0.29) is 10.6 Å². The number of benzene rings is 1. The number of rotatable bonds is 4. The van der Waals surface area contributed by atoms with Crippen LogP contribution in [-0.4, -0.2) is 5.97 Å². The van der Waals surface area contributed by atoms with Crippen molar-refractivity contribution in [2.45, 2.75) is 26.2 Å². The summed E-state index contributed by atoms with van der Waals surface area (Å²) in [5.74, 6) is -0.707. The second-order valence-electron chi connectivity index (χ2n) is 4.79. The van der Waals surface area contributed by atoms with Gasteiger partial charge in [-0.05, 0) is 43.4 Å². The molecule has 0 amide bonds. The number of carbonyl (C=O) groups is 1. The van der Waals surface area contributed by atoms with Gasteiger partial charge in [-0.15, -0.1) is 0 Å². The molecule has 2 N–H and O–H groups in total. The molecule has 1 aromatic rings. The Kier molecular flexibility index (Phi) is 4.32. The Morgan fingerprint density at radius 1 is 1.42 bits per heavy atom. The fourth-order valence-corrected chi connectivity index (χ4v) is 2.34. The lowest BCUT2D eigenvalue weighted by atomic mass is 9.96. The highest BCUT2D eigenvalue weighted by atomic mass is 35.5. The molecule has 0 spiro atoms. The van der Waals surface area contributed by atoms with Crippen molar-refractivity contribution < 1.29 is 9.90 Å². The zero-order chi connectivity index (χ0) is 13.8. The average Bonchev–Trinajstić information content (AvgIpc) is 2.37. The lowest BCUT2D eigenvalue weighted by Crippen LogP contribution is -2.25. The van der Waals surface area contributed by atoms with E-state index in [1.807, 2.05) is 0 Å². The van der Waals surface area contributed by atoms with Gasteiger partial charge in [0, 0.05) is 16.3 Å². The van der Waals surface area contributed by atoms with Gasteiger partial charge in [-0.1, -0.05) is 24.6 Å². The first-order chi connectivity index (χ1) is 9.06. The molecule has 1 aliphatic rings. The number of carbonyl (C=O) groups excluding carboxylic acids is 1. The third-order valence-corrected chi connectivity index (χ3v) is 3.47. The zero-order valence-electron chi connectivity index (χ0n) is 10.7. The maximum absolute atomic E-state index is 10.9. The number of carboxylic acids is 1. The minimum Gasteiger partial charge on any atom is -0.545 e. The summed E-state index contributed by atoms with van der Waals surface area (Å²) in [6.07, 6.45) is 5.55. The summed E-state index contributed by atoms with van der Waals surface area (Å²) < 4.78 is 0. The van der Waals surface area contributed by atoms with E-state index in [4.69, 9.17) is 11.6 Å². The van der Waals surface area contributed by atoms with Gasteiger partial charge in [0.05, 0.1) is 11.7 Å². The Morgan fingerprint density at radius 3 is 2.89 bits per heavy atom. The van der Waals surface area contributed by atoms with Crippen molar-refractivity contribution in [1.82, 2.24) is 5.43 Å². The van der Waals surface area contributed by atoms with E-state index in [9.17, 15) is 9.90 Å². The number of hydrazine groups is 1. The topological polar surface area (TPSA) is 64.2 Å². The fraction of sp³-hybridized carbons (Fsp3) is 0.357. The summed E-state index contributed by atoms with van der Waals surface area (Å²) in [4.78, 5) is 10.9. The number of carboxylic acid groups (broad SMARTS) is 1. The highest BCUT2D eigenvalue weighted by molar-refractivity contribution is 6.33. The molecule has 0 saturated carbocycles. The van der Waals surface area contributed by atoms with Gasteiger partial charge in [-0.2, -0.15) is 0 Å². The van der Waals surface area contributed by atoms with Crippen LogP contribution in [-0.2, 0) is 0 Å². The van der Waals surface area contributed by atoms with E-state index in [1.165, 1.54) is 18.6 Å². The number of allylic oxidation sites excluding steroid dienone is 2. The van der Waals surface area contributed by atoms with Crippen LogP contribution in [0.5, 0.6) is 0 Å². The monoisotopic (exact) mass is 279 g/mol. The second-order valence-corrected chi connectivity index (χ2v) is 5.20. The van der Waals surface area contributed by atoms with E-state index >= 15 is 0 Å². The van der Waals surface area contributed by atoms with Gasteiger partial charge >= 0.3 is 0 Å². The van der Waals surface area contributed by atoms with E-state index in [1.54, 1.807) is 6.07 Å². The highest BCUT2D eigenvalue weighted by Gasteiger charge is 2.09. The van der Waals surface area contributed by atoms with Crippen molar-refractivity contribution in [2.75, 3.05) is 5.43 Å². The van der Waals surface area contributed by atoms with E-state index in [0.29, 0.717) is 11.6 Å². The smallest absolute Gasteiger partial charge is 0.0731 e. The van der Waals surface area contributed by atoms with Crippen LogP contribution in [0.1, 0.15) is 36.5 Å². The third-order valence-electron chi connectivity index (χ3n) is 3.14. The Morgan fingerprint density at radius 2 is 2.21 bits per heavy atom. The minimum absolute atomic E-state index is 0.0144. The van der Waals surface area contributed by atoms with Gasteiger partial charge in [-0.3, -0.25) is 0 Å². The fourth-order valence-electron chi connectivity index (χ4n) is 2.14. The van der Waals surface area contributed by atoms with E-state index in [2.05, 4.69) is 23.9 Å².